The number of aliphatic carboxylic acids is 1. The monoisotopic (exact) mass is 335 g/mol. The van der Waals surface area contributed by atoms with E-state index in [1.165, 1.54) is 11.8 Å². The van der Waals surface area contributed by atoms with Crippen molar-refractivity contribution in [1.82, 2.24) is 15.5 Å². The fourth-order valence-electron chi connectivity index (χ4n) is 1.84. The number of methoxy groups -OCH3 is 1. The topological polar surface area (TPSA) is 104 Å². The Kier molecular flexibility index (Phi) is 6.04. The van der Waals surface area contributed by atoms with Crippen molar-refractivity contribution >= 4 is 23.6 Å². The molecule has 3 N–H and O–H groups in total. The molecule has 0 saturated carbocycles. The second kappa shape index (κ2) is 8.23. The number of H-pyrrole nitrogens is 1. The van der Waals surface area contributed by atoms with Crippen LogP contribution in [0.2, 0.25) is 0 Å². The Labute approximate surface area is 137 Å². The number of ether oxygens (including phenoxy) is 1. The number of thioether (sulfide) groups is 1. The van der Waals surface area contributed by atoms with Crippen LogP contribution in [0.15, 0.2) is 30.3 Å². The zero-order valence-electron chi connectivity index (χ0n) is 12.5. The molecule has 0 aliphatic carbocycles. The third kappa shape index (κ3) is 5.03. The van der Waals surface area contributed by atoms with Crippen molar-refractivity contribution in [1.29, 1.82) is 0 Å². The van der Waals surface area contributed by atoms with E-state index in [0.29, 0.717) is 23.7 Å². The van der Waals surface area contributed by atoms with E-state index < -0.39 is 5.97 Å². The highest BCUT2D eigenvalue weighted by molar-refractivity contribution is 7.99. The summed E-state index contributed by atoms with van der Waals surface area (Å²) >= 11 is 1.25. The average molecular weight is 335 g/mol. The summed E-state index contributed by atoms with van der Waals surface area (Å²) in [5.74, 6) is 0.187. The van der Waals surface area contributed by atoms with E-state index in [1.807, 2.05) is 24.3 Å². The van der Waals surface area contributed by atoms with Crippen molar-refractivity contribution in [2.24, 2.45) is 0 Å². The van der Waals surface area contributed by atoms with Gasteiger partial charge in [-0.3, -0.25) is 14.7 Å². The molecule has 7 nitrogen and oxygen atoms in total. The molecule has 0 saturated heterocycles. The van der Waals surface area contributed by atoms with Crippen LogP contribution in [-0.4, -0.2) is 52.3 Å². The predicted octanol–water partition coefficient (Wildman–Crippen LogP) is 1.63. The quantitative estimate of drug-likeness (QED) is 0.634. The smallest absolute Gasteiger partial charge is 0.313 e. The van der Waals surface area contributed by atoms with Gasteiger partial charge in [0.15, 0.2) is 0 Å². The van der Waals surface area contributed by atoms with Gasteiger partial charge in [-0.15, -0.1) is 11.8 Å². The van der Waals surface area contributed by atoms with Crippen LogP contribution in [0.4, 0.5) is 0 Å². The number of hydrogen-bond acceptors (Lipinski definition) is 5. The number of carboxylic acids is 1. The Morgan fingerprint density at radius 3 is 2.74 bits per heavy atom. The van der Waals surface area contributed by atoms with Crippen molar-refractivity contribution in [2.45, 2.75) is 0 Å². The first kappa shape index (κ1) is 16.9. The lowest BCUT2D eigenvalue weighted by Gasteiger charge is -2.02. The number of amides is 1. The number of rotatable bonds is 8. The Hall–Kier alpha value is -2.48. The standard InChI is InChI=1S/C15H17N3O4S/c1-22-11-4-2-10(3-5-11)12-8-13(18-17-12)15(21)16-6-7-23-9-14(19)20/h2-5,8H,6-7,9H2,1H3,(H,16,21)(H,17,18)(H,19,20). The van der Waals surface area contributed by atoms with E-state index in [9.17, 15) is 9.59 Å². The van der Waals surface area contributed by atoms with E-state index in [1.54, 1.807) is 13.2 Å². The largest absolute Gasteiger partial charge is 0.497 e. The summed E-state index contributed by atoms with van der Waals surface area (Å²) in [6.45, 7) is 0.396. The van der Waals surface area contributed by atoms with E-state index in [4.69, 9.17) is 9.84 Å². The van der Waals surface area contributed by atoms with E-state index >= 15 is 0 Å². The van der Waals surface area contributed by atoms with Gasteiger partial charge in [0.2, 0.25) is 0 Å². The lowest BCUT2D eigenvalue weighted by atomic mass is 10.1. The zero-order chi connectivity index (χ0) is 16.7. The van der Waals surface area contributed by atoms with Gasteiger partial charge < -0.3 is 15.2 Å². The van der Waals surface area contributed by atoms with Gasteiger partial charge in [-0.2, -0.15) is 5.10 Å². The molecule has 23 heavy (non-hydrogen) atoms. The molecule has 2 rings (SSSR count). The molecule has 0 fully saturated rings. The van der Waals surface area contributed by atoms with Crippen molar-refractivity contribution in [3.8, 4) is 17.0 Å². The maximum Gasteiger partial charge on any atom is 0.313 e. The number of hydrogen-bond donors (Lipinski definition) is 3. The summed E-state index contributed by atoms with van der Waals surface area (Å²) in [5.41, 5.74) is 1.90. The molecular formula is C15H17N3O4S. The second-order valence-corrected chi connectivity index (χ2v) is 5.70. The van der Waals surface area contributed by atoms with Gasteiger partial charge in [0.25, 0.3) is 5.91 Å². The van der Waals surface area contributed by atoms with Gasteiger partial charge in [0.1, 0.15) is 11.4 Å². The maximum atomic E-state index is 12.0. The number of aromatic nitrogens is 2. The van der Waals surface area contributed by atoms with Crippen molar-refractivity contribution in [3.05, 3.63) is 36.0 Å². The molecular weight excluding hydrogens is 318 g/mol. The number of nitrogens with zero attached hydrogens (tertiary/aromatic N) is 1. The van der Waals surface area contributed by atoms with E-state index in [-0.39, 0.29) is 11.7 Å². The zero-order valence-corrected chi connectivity index (χ0v) is 13.4. The van der Waals surface area contributed by atoms with Crippen LogP contribution >= 0.6 is 11.8 Å². The first-order chi connectivity index (χ1) is 11.1. The van der Waals surface area contributed by atoms with Crippen LogP contribution in [0.5, 0.6) is 5.75 Å². The van der Waals surface area contributed by atoms with Crippen LogP contribution in [-0.2, 0) is 4.79 Å². The third-order valence-electron chi connectivity index (χ3n) is 2.97. The fourth-order valence-corrected chi connectivity index (χ4v) is 2.40. The van der Waals surface area contributed by atoms with Crippen LogP contribution in [0.3, 0.4) is 0 Å². The van der Waals surface area contributed by atoms with Gasteiger partial charge >= 0.3 is 5.97 Å². The maximum absolute atomic E-state index is 12.0. The Balaban J connectivity index is 1.87. The molecule has 0 radical (unpaired) electrons. The van der Waals surface area contributed by atoms with Crippen molar-refractivity contribution < 1.29 is 19.4 Å². The number of carbonyl (C=O) groups is 2. The highest BCUT2D eigenvalue weighted by Gasteiger charge is 2.10. The minimum Gasteiger partial charge on any atom is -0.497 e. The third-order valence-corrected chi connectivity index (χ3v) is 3.91. The summed E-state index contributed by atoms with van der Waals surface area (Å²) in [7, 11) is 1.60. The van der Waals surface area contributed by atoms with Crippen LogP contribution in [0.1, 0.15) is 10.5 Å². The number of aromatic amines is 1. The van der Waals surface area contributed by atoms with Crippen molar-refractivity contribution in [3.63, 3.8) is 0 Å². The van der Waals surface area contributed by atoms with Gasteiger partial charge in [-0.25, -0.2) is 0 Å². The molecule has 8 heteroatoms. The minimum absolute atomic E-state index is 0.0293. The first-order valence-corrected chi connectivity index (χ1v) is 8.03. The first-order valence-electron chi connectivity index (χ1n) is 6.87. The molecule has 122 valence electrons. The molecule has 1 heterocycles. The number of nitrogens with one attached hydrogen (secondary N) is 2. The molecule has 0 atom stereocenters. The highest BCUT2D eigenvalue weighted by atomic mass is 32.2. The molecule has 0 bridgehead atoms. The minimum atomic E-state index is -0.862. The normalized spacial score (nSPS) is 10.3. The predicted molar refractivity (Wildman–Crippen MR) is 87.9 cm³/mol. The van der Waals surface area contributed by atoms with Gasteiger partial charge in [-0.1, -0.05) is 0 Å². The van der Waals surface area contributed by atoms with Crippen LogP contribution < -0.4 is 10.1 Å². The molecule has 0 spiro atoms. The summed E-state index contributed by atoms with van der Waals surface area (Å²) < 4.78 is 5.10. The van der Waals surface area contributed by atoms with Crippen LogP contribution in [0, 0.1) is 0 Å². The van der Waals surface area contributed by atoms with E-state index in [2.05, 4.69) is 15.5 Å². The Morgan fingerprint density at radius 1 is 1.35 bits per heavy atom. The number of benzene rings is 1. The SMILES string of the molecule is COc1ccc(-c2cc(C(=O)NCCSCC(=O)O)[nH]n2)cc1. The van der Waals surface area contributed by atoms with Gasteiger partial charge in [0.05, 0.1) is 18.6 Å². The lowest BCUT2D eigenvalue weighted by Crippen LogP contribution is -2.26. The number of carbonyl (C=O) groups excluding carboxylic acids is 1. The lowest BCUT2D eigenvalue weighted by molar-refractivity contribution is -0.133. The molecule has 0 unspecified atom stereocenters. The highest BCUT2D eigenvalue weighted by Crippen LogP contribution is 2.21. The number of carboxylic acid groups (broad SMARTS) is 1. The van der Waals surface area contributed by atoms with Crippen LogP contribution in [0.25, 0.3) is 11.3 Å². The van der Waals surface area contributed by atoms with Gasteiger partial charge in [-0.05, 0) is 30.3 Å². The Bertz CT molecular complexity index is 670. The summed E-state index contributed by atoms with van der Waals surface area (Å²) in [4.78, 5) is 22.3. The second-order valence-electron chi connectivity index (χ2n) is 4.60. The Morgan fingerprint density at radius 2 is 2.09 bits per heavy atom. The van der Waals surface area contributed by atoms with Crippen molar-refractivity contribution in [2.75, 3.05) is 25.2 Å². The molecule has 2 aromatic rings. The molecule has 0 aliphatic heterocycles. The molecule has 1 aromatic heterocycles. The van der Waals surface area contributed by atoms with Gasteiger partial charge in [0, 0.05) is 17.9 Å². The average Bonchev–Trinajstić information content (AvgIpc) is 3.04. The molecule has 1 aromatic carbocycles. The summed E-state index contributed by atoms with van der Waals surface area (Å²) in [6.07, 6.45) is 0. The summed E-state index contributed by atoms with van der Waals surface area (Å²) in [5, 5.41) is 18.0. The van der Waals surface area contributed by atoms with E-state index in [0.717, 1.165) is 11.3 Å². The molecule has 1 amide bonds. The molecule has 0 aliphatic rings. The summed E-state index contributed by atoms with van der Waals surface area (Å²) in [6, 6.07) is 9.03. The fraction of sp³-hybridized carbons (Fsp3) is 0.267.